The summed E-state index contributed by atoms with van der Waals surface area (Å²) in [5.41, 5.74) is 3.24. The molecule has 0 saturated heterocycles. The lowest BCUT2D eigenvalue weighted by molar-refractivity contribution is -0.112. The van der Waals surface area contributed by atoms with E-state index in [4.69, 9.17) is 18.9 Å². The summed E-state index contributed by atoms with van der Waals surface area (Å²) in [4.78, 5) is 12.6. The molecule has 0 radical (unpaired) electrons. The summed E-state index contributed by atoms with van der Waals surface area (Å²) >= 11 is 0. The highest BCUT2D eigenvalue weighted by molar-refractivity contribution is 6.10. The van der Waals surface area contributed by atoms with Crippen molar-refractivity contribution in [2.24, 2.45) is 0 Å². The number of para-hydroxylation sites is 1. The van der Waals surface area contributed by atoms with Crippen LogP contribution in [0.25, 0.3) is 6.08 Å². The molecule has 3 aromatic carbocycles. The highest BCUT2D eigenvalue weighted by atomic mass is 16.5. The Kier molecular flexibility index (Phi) is 9.74. The second-order valence-electron chi connectivity index (χ2n) is 8.02. The number of benzene rings is 3. The normalized spacial score (nSPS) is 10.7. The number of hydrogen-bond acceptors (Lipinski definition) is 6. The van der Waals surface area contributed by atoms with Crippen molar-refractivity contribution in [3.8, 4) is 29.1 Å². The largest absolute Gasteiger partial charge is 0.493 e. The van der Waals surface area contributed by atoms with Crippen LogP contribution in [0.4, 0.5) is 5.69 Å². The summed E-state index contributed by atoms with van der Waals surface area (Å²) in [7, 11) is 3.12. The minimum Gasteiger partial charge on any atom is -0.493 e. The number of hydrogen-bond donors (Lipinski definition) is 1. The van der Waals surface area contributed by atoms with E-state index in [1.165, 1.54) is 13.2 Å². The molecule has 0 heterocycles. The van der Waals surface area contributed by atoms with Gasteiger partial charge in [0.25, 0.3) is 5.91 Å². The second-order valence-corrected chi connectivity index (χ2v) is 8.02. The van der Waals surface area contributed by atoms with Gasteiger partial charge in [0, 0.05) is 5.69 Å². The van der Waals surface area contributed by atoms with E-state index in [9.17, 15) is 10.1 Å². The molecule has 37 heavy (non-hydrogen) atoms. The Hall–Kier alpha value is -4.70. The molecule has 7 heteroatoms. The number of rotatable bonds is 12. The van der Waals surface area contributed by atoms with Crippen molar-refractivity contribution < 1.29 is 23.7 Å². The van der Waals surface area contributed by atoms with Crippen molar-refractivity contribution in [1.82, 2.24) is 0 Å². The van der Waals surface area contributed by atoms with Gasteiger partial charge in [-0.25, -0.2) is 0 Å². The molecule has 0 aromatic heterocycles. The van der Waals surface area contributed by atoms with Gasteiger partial charge in [-0.2, -0.15) is 5.26 Å². The highest BCUT2D eigenvalue weighted by Crippen LogP contribution is 2.30. The topological polar surface area (TPSA) is 89.8 Å². The van der Waals surface area contributed by atoms with Gasteiger partial charge < -0.3 is 24.3 Å². The van der Waals surface area contributed by atoms with Gasteiger partial charge in [0.1, 0.15) is 24.9 Å². The number of carbonyl (C=O) groups excluding carboxylic acids is 1. The summed E-state index contributed by atoms with van der Waals surface area (Å²) in [6.45, 7) is 6.20. The van der Waals surface area contributed by atoms with Gasteiger partial charge in [0.15, 0.2) is 23.0 Å². The fourth-order valence-electron chi connectivity index (χ4n) is 3.54. The minimum atomic E-state index is -0.485. The standard InChI is InChI=1S/C30H30N2O5/c1-5-8-22-11-13-26(28(18-22)34-3)36-15-16-37-27-14-12-23(19-29(27)35-4)17-24(20-31)30(33)32-25-10-7-6-9-21(25)2/h5-7,9-14,17-19H,1,8,15-16H2,2-4H3,(H,32,33). The molecule has 0 aliphatic rings. The number of methoxy groups -OCH3 is 2. The average molecular weight is 499 g/mol. The third kappa shape index (κ3) is 7.39. The quantitative estimate of drug-likeness (QED) is 0.148. The van der Waals surface area contributed by atoms with E-state index >= 15 is 0 Å². The Morgan fingerprint density at radius 2 is 1.59 bits per heavy atom. The number of nitriles is 1. The van der Waals surface area contributed by atoms with Gasteiger partial charge in [-0.1, -0.05) is 36.4 Å². The molecule has 1 N–H and O–H groups in total. The number of aryl methyl sites for hydroxylation is 1. The van der Waals surface area contributed by atoms with Crippen LogP contribution in [0, 0.1) is 18.3 Å². The smallest absolute Gasteiger partial charge is 0.266 e. The first-order valence-electron chi connectivity index (χ1n) is 11.7. The summed E-state index contributed by atoms with van der Waals surface area (Å²) in [5, 5.41) is 12.3. The number of allylic oxidation sites excluding steroid dienone is 1. The first kappa shape index (κ1) is 26.9. The fourth-order valence-corrected chi connectivity index (χ4v) is 3.54. The molecule has 0 fully saturated rings. The van der Waals surface area contributed by atoms with Crippen LogP contribution < -0.4 is 24.3 Å². The molecule has 3 aromatic rings. The van der Waals surface area contributed by atoms with E-state index < -0.39 is 5.91 Å². The third-order valence-electron chi connectivity index (χ3n) is 5.46. The van der Waals surface area contributed by atoms with Crippen LogP contribution in [0.3, 0.4) is 0 Å². The first-order chi connectivity index (χ1) is 18.0. The molecule has 7 nitrogen and oxygen atoms in total. The van der Waals surface area contributed by atoms with Crippen LogP contribution in [0.2, 0.25) is 0 Å². The Morgan fingerprint density at radius 3 is 2.22 bits per heavy atom. The van der Waals surface area contributed by atoms with Crippen molar-refractivity contribution in [2.45, 2.75) is 13.3 Å². The predicted octanol–water partition coefficient (Wildman–Crippen LogP) is 5.74. The molecule has 0 spiro atoms. The zero-order chi connectivity index (χ0) is 26.6. The van der Waals surface area contributed by atoms with Gasteiger partial charge in [0.05, 0.1) is 14.2 Å². The van der Waals surface area contributed by atoms with Crippen LogP contribution in [-0.4, -0.2) is 33.3 Å². The summed E-state index contributed by atoms with van der Waals surface area (Å²) in [5.74, 6) is 1.77. The van der Waals surface area contributed by atoms with Gasteiger partial charge in [-0.3, -0.25) is 4.79 Å². The molecule has 0 atom stereocenters. The molecular formula is C30H30N2O5. The van der Waals surface area contributed by atoms with Gasteiger partial charge in [-0.15, -0.1) is 6.58 Å². The van der Waals surface area contributed by atoms with Crippen LogP contribution in [-0.2, 0) is 11.2 Å². The van der Waals surface area contributed by atoms with E-state index in [1.54, 1.807) is 31.4 Å². The van der Waals surface area contributed by atoms with Crippen LogP contribution in [0.15, 0.2) is 78.9 Å². The molecule has 0 aliphatic heterocycles. The molecule has 0 saturated carbocycles. The molecule has 0 unspecified atom stereocenters. The van der Waals surface area contributed by atoms with E-state index in [2.05, 4.69) is 11.9 Å². The van der Waals surface area contributed by atoms with Crippen molar-refractivity contribution in [3.05, 3.63) is 95.6 Å². The van der Waals surface area contributed by atoms with Gasteiger partial charge in [0.2, 0.25) is 0 Å². The zero-order valence-corrected chi connectivity index (χ0v) is 21.2. The summed E-state index contributed by atoms with van der Waals surface area (Å²) in [6, 6.07) is 20.3. The van der Waals surface area contributed by atoms with E-state index in [-0.39, 0.29) is 12.2 Å². The Morgan fingerprint density at radius 1 is 0.946 bits per heavy atom. The maximum atomic E-state index is 12.6. The maximum Gasteiger partial charge on any atom is 0.266 e. The maximum absolute atomic E-state index is 12.6. The fraction of sp³-hybridized carbons (Fsp3) is 0.200. The van der Waals surface area contributed by atoms with Crippen LogP contribution in [0.5, 0.6) is 23.0 Å². The lowest BCUT2D eigenvalue weighted by atomic mass is 10.1. The van der Waals surface area contributed by atoms with Crippen molar-refractivity contribution in [3.63, 3.8) is 0 Å². The van der Waals surface area contributed by atoms with Crippen LogP contribution >= 0.6 is 0 Å². The molecule has 190 valence electrons. The van der Waals surface area contributed by atoms with Crippen molar-refractivity contribution in [2.75, 3.05) is 32.8 Å². The monoisotopic (exact) mass is 498 g/mol. The second kappa shape index (κ2) is 13.4. The molecular weight excluding hydrogens is 468 g/mol. The first-order valence-corrected chi connectivity index (χ1v) is 11.7. The predicted molar refractivity (Wildman–Crippen MR) is 144 cm³/mol. The van der Waals surface area contributed by atoms with Crippen molar-refractivity contribution in [1.29, 1.82) is 5.26 Å². The average Bonchev–Trinajstić information content (AvgIpc) is 2.91. The lowest BCUT2D eigenvalue weighted by Crippen LogP contribution is -2.14. The van der Waals surface area contributed by atoms with Crippen molar-refractivity contribution >= 4 is 17.7 Å². The Bertz CT molecular complexity index is 1320. The molecule has 0 bridgehead atoms. The van der Waals surface area contributed by atoms with Gasteiger partial charge in [-0.05, 0) is 66.4 Å². The number of nitrogens with zero attached hydrogens (tertiary/aromatic N) is 1. The van der Waals surface area contributed by atoms with E-state index in [0.717, 1.165) is 17.5 Å². The zero-order valence-electron chi connectivity index (χ0n) is 21.2. The van der Waals surface area contributed by atoms with Crippen LogP contribution in [0.1, 0.15) is 16.7 Å². The van der Waals surface area contributed by atoms with E-state index in [1.807, 2.05) is 55.5 Å². The number of carbonyl (C=O) groups is 1. The summed E-state index contributed by atoms with van der Waals surface area (Å²) in [6.07, 6.45) is 4.09. The summed E-state index contributed by atoms with van der Waals surface area (Å²) < 4.78 is 22.5. The molecule has 0 aliphatic carbocycles. The highest BCUT2D eigenvalue weighted by Gasteiger charge is 2.12. The number of ether oxygens (including phenoxy) is 4. The Labute approximate surface area is 217 Å². The Balaban J connectivity index is 1.63. The van der Waals surface area contributed by atoms with E-state index in [0.29, 0.717) is 40.9 Å². The lowest BCUT2D eigenvalue weighted by Gasteiger charge is -2.14. The third-order valence-corrected chi connectivity index (χ3v) is 5.46. The molecule has 3 rings (SSSR count). The number of anilines is 1. The van der Waals surface area contributed by atoms with Gasteiger partial charge >= 0.3 is 0 Å². The minimum absolute atomic E-state index is 0.0274. The number of amides is 1. The molecule has 1 amide bonds. The number of nitrogens with one attached hydrogen (secondary N) is 1. The SMILES string of the molecule is C=CCc1ccc(OCCOc2ccc(C=C(C#N)C(=O)Nc3ccccc3C)cc2OC)c(OC)c1.